The molecule has 0 aromatic rings. The molecule has 1 rings (SSSR count). The van der Waals surface area contributed by atoms with E-state index in [1.807, 2.05) is 0 Å². The second-order valence-corrected chi connectivity index (χ2v) is 7.79. The van der Waals surface area contributed by atoms with E-state index in [0.717, 1.165) is 12.5 Å². The first-order valence-electron chi connectivity index (χ1n) is 8.20. The van der Waals surface area contributed by atoms with Crippen LogP contribution in [-0.2, 0) is 0 Å². The van der Waals surface area contributed by atoms with Crippen LogP contribution in [0.3, 0.4) is 0 Å². The minimum atomic E-state index is 0.233. The number of nitrogens with zero attached hydrogens (tertiary/aromatic N) is 1. The van der Waals surface area contributed by atoms with Gasteiger partial charge >= 0.3 is 0 Å². The van der Waals surface area contributed by atoms with Crippen LogP contribution >= 0.6 is 0 Å². The van der Waals surface area contributed by atoms with Gasteiger partial charge in [0, 0.05) is 18.1 Å². The molecule has 1 aliphatic carbocycles. The van der Waals surface area contributed by atoms with Gasteiger partial charge in [-0.2, -0.15) is 0 Å². The predicted octanol–water partition coefficient (Wildman–Crippen LogP) is 4.04. The summed E-state index contributed by atoms with van der Waals surface area (Å²) in [4.78, 5) is 2.60. The lowest BCUT2D eigenvalue weighted by Gasteiger charge is -2.48. The molecule has 2 nitrogen and oxygen atoms in total. The van der Waals surface area contributed by atoms with Crippen LogP contribution in [0.25, 0.3) is 0 Å². The summed E-state index contributed by atoms with van der Waals surface area (Å²) in [5, 5.41) is 0. The molecular formula is C17H36N2. The molecule has 1 fully saturated rings. The minimum absolute atomic E-state index is 0.233. The van der Waals surface area contributed by atoms with E-state index in [9.17, 15) is 0 Å². The Bertz CT molecular complexity index is 269. The first-order valence-corrected chi connectivity index (χ1v) is 8.20. The van der Waals surface area contributed by atoms with Gasteiger partial charge in [0.25, 0.3) is 0 Å². The fraction of sp³-hybridized carbons (Fsp3) is 1.00. The fourth-order valence-corrected chi connectivity index (χ4v) is 3.56. The summed E-state index contributed by atoms with van der Waals surface area (Å²) in [5.74, 6) is 0.923. The molecule has 0 radical (unpaired) electrons. The topological polar surface area (TPSA) is 29.3 Å². The van der Waals surface area contributed by atoms with Crippen LogP contribution < -0.4 is 5.73 Å². The van der Waals surface area contributed by atoms with Gasteiger partial charge in [-0.25, -0.2) is 0 Å². The first kappa shape index (κ1) is 17.0. The molecule has 0 aromatic carbocycles. The van der Waals surface area contributed by atoms with E-state index >= 15 is 0 Å². The monoisotopic (exact) mass is 268 g/mol. The Kier molecular flexibility index (Phi) is 5.88. The van der Waals surface area contributed by atoms with Crippen molar-refractivity contribution in [3.05, 3.63) is 0 Å². The van der Waals surface area contributed by atoms with Gasteiger partial charge in [0.1, 0.15) is 0 Å². The molecule has 2 N–H and O–H groups in total. The summed E-state index contributed by atoms with van der Waals surface area (Å²) in [6, 6.07) is 0.564. The maximum Gasteiger partial charge on any atom is 0.0331 e. The maximum absolute atomic E-state index is 6.23. The highest BCUT2D eigenvalue weighted by Gasteiger charge is 2.40. The van der Waals surface area contributed by atoms with Crippen LogP contribution in [0.5, 0.6) is 0 Å². The van der Waals surface area contributed by atoms with E-state index in [-0.39, 0.29) is 5.54 Å². The van der Waals surface area contributed by atoms with E-state index in [1.54, 1.807) is 0 Å². The van der Waals surface area contributed by atoms with E-state index in [2.05, 4.69) is 46.6 Å². The highest BCUT2D eigenvalue weighted by molar-refractivity contribution is 4.96. The van der Waals surface area contributed by atoms with Crippen LogP contribution in [0.4, 0.5) is 0 Å². The quantitative estimate of drug-likeness (QED) is 0.780. The third kappa shape index (κ3) is 3.95. The summed E-state index contributed by atoms with van der Waals surface area (Å²) in [7, 11) is 2.30. The van der Waals surface area contributed by atoms with Crippen LogP contribution in [0, 0.1) is 11.3 Å². The third-order valence-corrected chi connectivity index (χ3v) is 5.81. The Balaban J connectivity index is 2.85. The number of likely N-dealkylation sites (N-methyl/N-ethyl adjacent to an activating group) is 1. The summed E-state index contributed by atoms with van der Waals surface area (Å²) in [5.41, 5.74) is 6.78. The van der Waals surface area contributed by atoms with E-state index in [1.165, 1.54) is 38.5 Å². The van der Waals surface area contributed by atoms with Gasteiger partial charge in [-0.15, -0.1) is 0 Å². The largest absolute Gasteiger partial charge is 0.329 e. The normalized spacial score (nSPS) is 31.3. The Labute approximate surface area is 121 Å². The maximum atomic E-state index is 6.23. The van der Waals surface area contributed by atoms with Gasteiger partial charge in [0.15, 0.2) is 0 Å². The van der Waals surface area contributed by atoms with Crippen molar-refractivity contribution in [3.63, 3.8) is 0 Å². The molecule has 0 amide bonds. The fourth-order valence-electron chi connectivity index (χ4n) is 3.56. The third-order valence-electron chi connectivity index (χ3n) is 5.81. The van der Waals surface area contributed by atoms with Crippen LogP contribution in [0.15, 0.2) is 0 Å². The Hall–Kier alpha value is -0.0800. The molecule has 0 spiro atoms. The Morgan fingerprint density at radius 1 is 1.26 bits per heavy atom. The molecule has 19 heavy (non-hydrogen) atoms. The van der Waals surface area contributed by atoms with Crippen molar-refractivity contribution in [2.24, 2.45) is 17.1 Å². The second-order valence-electron chi connectivity index (χ2n) is 7.79. The molecule has 0 aromatic heterocycles. The van der Waals surface area contributed by atoms with E-state index in [4.69, 9.17) is 5.73 Å². The number of rotatable bonds is 4. The zero-order chi connectivity index (χ0) is 14.7. The molecule has 0 aliphatic heterocycles. The second kappa shape index (κ2) is 6.58. The SMILES string of the molecule is CCC1CCCC(CN)(N(C)C(C)C(C)(C)C)CC1. The predicted molar refractivity (Wildman–Crippen MR) is 85.3 cm³/mol. The molecule has 2 heteroatoms. The summed E-state index contributed by atoms with van der Waals surface area (Å²) >= 11 is 0. The van der Waals surface area contributed by atoms with Gasteiger partial charge in [-0.1, -0.05) is 47.0 Å². The van der Waals surface area contributed by atoms with Crippen molar-refractivity contribution in [1.29, 1.82) is 0 Å². The number of nitrogens with two attached hydrogens (primary N) is 1. The van der Waals surface area contributed by atoms with Crippen molar-refractivity contribution in [1.82, 2.24) is 4.90 Å². The number of hydrogen-bond acceptors (Lipinski definition) is 2. The lowest BCUT2D eigenvalue weighted by molar-refractivity contribution is 0.0206. The zero-order valence-corrected chi connectivity index (χ0v) is 14.1. The molecule has 3 atom stereocenters. The lowest BCUT2D eigenvalue weighted by atomic mass is 9.80. The lowest BCUT2D eigenvalue weighted by Crippen LogP contribution is -2.57. The smallest absolute Gasteiger partial charge is 0.0331 e. The summed E-state index contributed by atoms with van der Waals surface area (Å²) < 4.78 is 0. The zero-order valence-electron chi connectivity index (χ0n) is 14.1. The molecule has 1 saturated carbocycles. The van der Waals surface area contributed by atoms with Gasteiger partial charge in [0.05, 0.1) is 0 Å². The summed E-state index contributed by atoms with van der Waals surface area (Å²) in [6.07, 6.45) is 7.98. The van der Waals surface area contributed by atoms with Gasteiger partial charge in [0.2, 0.25) is 0 Å². The molecular weight excluding hydrogens is 232 g/mol. The van der Waals surface area contributed by atoms with Crippen molar-refractivity contribution in [2.45, 2.75) is 84.7 Å². The minimum Gasteiger partial charge on any atom is -0.329 e. The van der Waals surface area contributed by atoms with E-state index < -0.39 is 0 Å². The highest BCUT2D eigenvalue weighted by Crippen LogP contribution is 2.38. The Morgan fingerprint density at radius 2 is 1.89 bits per heavy atom. The van der Waals surface area contributed by atoms with Crippen molar-refractivity contribution in [2.75, 3.05) is 13.6 Å². The van der Waals surface area contributed by atoms with Crippen molar-refractivity contribution < 1.29 is 0 Å². The van der Waals surface area contributed by atoms with E-state index in [0.29, 0.717) is 11.5 Å². The van der Waals surface area contributed by atoms with Gasteiger partial charge < -0.3 is 5.73 Å². The molecule has 0 saturated heterocycles. The van der Waals surface area contributed by atoms with Crippen molar-refractivity contribution in [3.8, 4) is 0 Å². The molecule has 3 unspecified atom stereocenters. The standard InChI is InChI=1S/C17H36N2/c1-7-15-9-8-11-17(13-18,12-10-15)19(6)14(2)16(3,4)5/h14-15H,7-13,18H2,1-6H3. The number of hydrogen-bond donors (Lipinski definition) is 1. The molecule has 0 heterocycles. The average molecular weight is 268 g/mol. The molecule has 114 valence electrons. The van der Waals surface area contributed by atoms with Crippen molar-refractivity contribution >= 4 is 0 Å². The first-order chi connectivity index (χ1) is 8.77. The van der Waals surface area contributed by atoms with Crippen LogP contribution in [0.2, 0.25) is 0 Å². The van der Waals surface area contributed by atoms with Gasteiger partial charge in [-0.05, 0) is 44.6 Å². The average Bonchev–Trinajstić information content (AvgIpc) is 2.58. The van der Waals surface area contributed by atoms with Gasteiger partial charge in [-0.3, -0.25) is 4.90 Å². The Morgan fingerprint density at radius 3 is 2.37 bits per heavy atom. The molecule has 1 aliphatic rings. The van der Waals surface area contributed by atoms with Crippen LogP contribution in [0.1, 0.15) is 73.1 Å². The molecule has 0 bridgehead atoms. The van der Waals surface area contributed by atoms with Crippen LogP contribution in [-0.4, -0.2) is 30.1 Å². The summed E-state index contributed by atoms with van der Waals surface area (Å²) in [6.45, 7) is 12.5. The highest BCUT2D eigenvalue weighted by atomic mass is 15.2.